The number of benzene rings is 1. The Morgan fingerprint density at radius 2 is 1.67 bits per heavy atom. The topological polar surface area (TPSA) is 212 Å². The number of carbonyl (C=O) groups is 5. The van der Waals surface area contributed by atoms with Gasteiger partial charge in [-0.25, -0.2) is 4.79 Å². The van der Waals surface area contributed by atoms with E-state index >= 15 is 0 Å². The number of methoxy groups -OCH3 is 3. The molecular formula is C53H77N3O13. The minimum absolute atomic E-state index is 0.0160. The molecule has 3 aliphatic heterocycles. The summed E-state index contributed by atoms with van der Waals surface area (Å²) < 4.78 is 36.5. The number of cyclic esters (lactones) is 1. The number of aliphatic hydroxyl groups excluding tert-OH is 1. The number of nitrogens with one attached hydrogen (secondary N) is 2. The summed E-state index contributed by atoms with van der Waals surface area (Å²) in [5, 5.41) is 27.9. The Morgan fingerprint density at radius 1 is 0.942 bits per heavy atom. The van der Waals surface area contributed by atoms with E-state index < -0.39 is 77.8 Å². The van der Waals surface area contributed by atoms with Gasteiger partial charge in [0.1, 0.15) is 30.6 Å². The SMILES string of the molecule is CCC1/C=C(\C)CC(C)CC(OC)C2OC(O)(C(=O)C(=O)N3CCCCC3C(=O)OC(C(C)=CC3CCC(OCC(=O)Nc4ccc5[nH]ccc5c4)C(OC)C3)C(C)C(O)CC1=O)C(C)CC2OC. The second-order valence-electron chi connectivity index (χ2n) is 20.3. The summed E-state index contributed by atoms with van der Waals surface area (Å²) in [5.74, 6) is -8.05. The number of rotatable bonds is 10. The van der Waals surface area contributed by atoms with Gasteiger partial charge in [-0.2, -0.15) is 0 Å². The van der Waals surface area contributed by atoms with Crippen molar-refractivity contribution in [1.29, 1.82) is 0 Å². The smallest absolute Gasteiger partial charge is 0.329 e. The molecule has 2 saturated heterocycles. The first kappa shape index (κ1) is 54.1. The lowest BCUT2D eigenvalue weighted by molar-refractivity contribution is -0.302. The van der Waals surface area contributed by atoms with Crippen LogP contribution in [0.3, 0.4) is 0 Å². The van der Waals surface area contributed by atoms with E-state index in [-0.39, 0.29) is 68.1 Å². The lowest BCUT2D eigenvalue weighted by Gasteiger charge is -2.47. The molecule has 0 radical (unpaired) electrons. The quantitative estimate of drug-likeness (QED) is 0.112. The number of Topliss-reactive ketones (excluding diaryl/α,β-unsaturated/α-hetero) is 2. The molecule has 1 aromatic heterocycles. The van der Waals surface area contributed by atoms with Crippen molar-refractivity contribution in [3.63, 3.8) is 0 Å². The van der Waals surface area contributed by atoms with Crippen LogP contribution in [-0.2, 0) is 52.4 Å². The molecule has 16 heteroatoms. The second kappa shape index (κ2) is 24.2. The molecule has 2 aromatic rings. The summed E-state index contributed by atoms with van der Waals surface area (Å²) >= 11 is 0. The van der Waals surface area contributed by atoms with Gasteiger partial charge < -0.3 is 53.8 Å². The summed E-state index contributed by atoms with van der Waals surface area (Å²) in [6, 6.07) is 6.38. The predicted octanol–water partition coefficient (Wildman–Crippen LogP) is 6.62. The zero-order chi connectivity index (χ0) is 50.2. The van der Waals surface area contributed by atoms with Crippen LogP contribution in [0.15, 0.2) is 53.8 Å². The molecule has 2 bridgehead atoms. The molecule has 2 amide bonds. The molecule has 1 aliphatic carbocycles. The predicted molar refractivity (Wildman–Crippen MR) is 259 cm³/mol. The van der Waals surface area contributed by atoms with Gasteiger partial charge in [-0.15, -0.1) is 0 Å². The van der Waals surface area contributed by atoms with Crippen molar-refractivity contribution in [2.24, 2.45) is 29.6 Å². The number of esters is 1. The van der Waals surface area contributed by atoms with E-state index in [0.29, 0.717) is 62.6 Å². The number of aromatic nitrogens is 1. The number of aliphatic hydroxyl groups is 2. The van der Waals surface area contributed by atoms with E-state index in [1.807, 2.05) is 70.3 Å². The van der Waals surface area contributed by atoms with Crippen molar-refractivity contribution < 1.29 is 62.6 Å². The molecule has 4 aliphatic rings. The fourth-order valence-electron chi connectivity index (χ4n) is 11.1. The average Bonchev–Trinajstić information content (AvgIpc) is 3.81. The number of hydrogen-bond acceptors (Lipinski definition) is 13. The van der Waals surface area contributed by atoms with E-state index in [2.05, 4.69) is 10.3 Å². The fourth-order valence-corrected chi connectivity index (χ4v) is 11.1. The summed E-state index contributed by atoms with van der Waals surface area (Å²) in [4.78, 5) is 74.6. The van der Waals surface area contributed by atoms with Crippen LogP contribution < -0.4 is 5.32 Å². The third-order valence-electron chi connectivity index (χ3n) is 15.1. The van der Waals surface area contributed by atoms with Crippen LogP contribution in [0, 0.1) is 29.6 Å². The highest BCUT2D eigenvalue weighted by Crippen LogP contribution is 2.39. The summed E-state index contributed by atoms with van der Waals surface area (Å²) in [5.41, 5.74) is 3.26. The Morgan fingerprint density at radius 3 is 2.38 bits per heavy atom. The van der Waals surface area contributed by atoms with Crippen molar-refractivity contribution in [2.75, 3.05) is 39.8 Å². The van der Waals surface area contributed by atoms with Crippen LogP contribution >= 0.6 is 0 Å². The maximum absolute atomic E-state index is 14.5. The van der Waals surface area contributed by atoms with E-state index in [9.17, 15) is 34.2 Å². The Labute approximate surface area is 407 Å². The van der Waals surface area contributed by atoms with Crippen LogP contribution in [0.5, 0.6) is 0 Å². The highest BCUT2D eigenvalue weighted by atomic mass is 16.7. The maximum atomic E-state index is 14.5. The molecule has 14 atom stereocenters. The molecule has 3 fully saturated rings. The van der Waals surface area contributed by atoms with Gasteiger partial charge in [-0.05, 0) is 120 Å². The van der Waals surface area contributed by atoms with E-state index in [1.54, 1.807) is 21.0 Å². The molecule has 0 spiro atoms. The largest absolute Gasteiger partial charge is 0.456 e. The number of anilines is 1. The first-order valence-electron chi connectivity index (χ1n) is 25.0. The van der Waals surface area contributed by atoms with E-state index in [1.165, 1.54) is 19.1 Å². The number of fused-ring (bicyclic) bond motifs is 4. The number of nitrogens with zero attached hydrogens (tertiary/aromatic N) is 1. The number of amides is 2. The molecule has 14 unspecified atom stereocenters. The molecular weight excluding hydrogens is 887 g/mol. The minimum atomic E-state index is -2.53. The maximum Gasteiger partial charge on any atom is 0.329 e. The average molecular weight is 964 g/mol. The summed E-state index contributed by atoms with van der Waals surface area (Å²) in [7, 11) is 4.67. The monoisotopic (exact) mass is 964 g/mol. The van der Waals surface area contributed by atoms with Crippen molar-refractivity contribution in [3.05, 3.63) is 53.8 Å². The summed E-state index contributed by atoms with van der Waals surface area (Å²) in [6.07, 6.45) is 5.51. The lowest BCUT2D eigenvalue weighted by atomic mass is 9.81. The highest BCUT2D eigenvalue weighted by molar-refractivity contribution is 6.39. The van der Waals surface area contributed by atoms with Crippen LogP contribution in [-0.4, -0.2) is 138 Å². The van der Waals surface area contributed by atoms with Crippen molar-refractivity contribution in [1.82, 2.24) is 9.88 Å². The molecule has 4 heterocycles. The normalized spacial score (nSPS) is 35.9. The third-order valence-corrected chi connectivity index (χ3v) is 15.1. The van der Waals surface area contributed by atoms with Crippen LogP contribution in [0.4, 0.5) is 5.69 Å². The second-order valence-corrected chi connectivity index (χ2v) is 20.3. The van der Waals surface area contributed by atoms with Gasteiger partial charge in [-0.1, -0.05) is 45.4 Å². The minimum Gasteiger partial charge on any atom is -0.456 e. The number of carbonyl (C=O) groups excluding carboxylic acids is 5. The standard InChI is InChI=1S/C53H77N3O13/c1-10-36-22-30(2)21-31(3)23-45(65-8)49-46(66-9)25-33(5)53(63,69-49)50(60)51(61)56-20-12-11-13-40(56)52(62)68-48(34(6)41(57)28-42(36)58)32(4)24-35-14-17-43(44(26-35)64-7)67-29-47(59)55-38-15-16-39-37(27-38)18-19-54-39/h15-16,18-19,22,24,27,31,33-36,40-41,43-46,48-49,54,57,63H,10-14,17,20-21,23,25-26,28-29H2,1-9H3,(H,55,59)/b30-22+,32-24?. The van der Waals surface area contributed by atoms with Crippen LogP contribution in [0.25, 0.3) is 10.9 Å². The highest BCUT2D eigenvalue weighted by Gasteiger charge is 2.56. The Balaban J connectivity index is 1.25. The number of ether oxygens (including phenoxy) is 6. The Hall–Kier alpha value is -4.29. The van der Waals surface area contributed by atoms with Gasteiger partial charge >= 0.3 is 5.97 Å². The summed E-state index contributed by atoms with van der Waals surface area (Å²) in [6.45, 7) is 11.1. The van der Waals surface area contributed by atoms with Gasteiger partial charge in [0.15, 0.2) is 0 Å². The van der Waals surface area contributed by atoms with Gasteiger partial charge in [0.05, 0.1) is 30.5 Å². The molecule has 1 saturated carbocycles. The van der Waals surface area contributed by atoms with Gasteiger partial charge in [0.25, 0.3) is 11.7 Å². The molecule has 382 valence electrons. The number of ketones is 2. The fraction of sp³-hybridized carbons (Fsp3) is 0.679. The zero-order valence-electron chi connectivity index (χ0n) is 42.1. The van der Waals surface area contributed by atoms with Gasteiger partial charge in [0, 0.05) is 74.8 Å². The number of piperidine rings is 1. The number of allylic oxidation sites excluding steroid dienone is 3. The van der Waals surface area contributed by atoms with Crippen molar-refractivity contribution in [2.45, 2.75) is 167 Å². The van der Waals surface area contributed by atoms with Crippen molar-refractivity contribution >= 4 is 45.9 Å². The third kappa shape index (κ3) is 13.0. The lowest BCUT2D eigenvalue weighted by Crippen LogP contribution is -2.64. The Kier molecular flexibility index (Phi) is 19.0. The molecule has 16 nitrogen and oxygen atoms in total. The van der Waals surface area contributed by atoms with Crippen molar-refractivity contribution in [3.8, 4) is 0 Å². The molecule has 6 rings (SSSR count). The molecule has 69 heavy (non-hydrogen) atoms. The van der Waals surface area contributed by atoms with Gasteiger partial charge in [-0.3, -0.25) is 19.2 Å². The number of hydrogen-bond donors (Lipinski definition) is 4. The zero-order valence-corrected chi connectivity index (χ0v) is 42.1. The molecule has 1 aromatic carbocycles. The van der Waals surface area contributed by atoms with Crippen LogP contribution in [0.2, 0.25) is 0 Å². The van der Waals surface area contributed by atoms with Gasteiger partial charge in [0.2, 0.25) is 11.7 Å². The van der Waals surface area contributed by atoms with Crippen LogP contribution in [0.1, 0.15) is 112 Å². The first-order valence-corrected chi connectivity index (χ1v) is 25.0. The van der Waals surface area contributed by atoms with E-state index in [0.717, 1.165) is 16.5 Å². The molecule has 4 N–H and O–H groups in total. The van der Waals surface area contributed by atoms with E-state index in [4.69, 9.17) is 28.4 Å². The Bertz CT molecular complexity index is 2170. The number of aromatic amines is 1. The number of H-pyrrole nitrogens is 1. The first-order chi connectivity index (χ1) is 32.9.